The van der Waals surface area contributed by atoms with E-state index in [0.29, 0.717) is 18.5 Å². The molecule has 0 heterocycles. The number of rotatable bonds is 8. The van der Waals surface area contributed by atoms with Gasteiger partial charge in [0.1, 0.15) is 0 Å². The molecular formula is C28H32N2O6. The molecule has 1 fully saturated rings. The lowest BCUT2D eigenvalue weighted by Gasteiger charge is -2.46. The number of aliphatic carboxylic acids is 2. The number of hydrogen-bond acceptors (Lipinski definition) is 4. The lowest BCUT2D eigenvalue weighted by molar-refractivity contribution is -0.180. The van der Waals surface area contributed by atoms with Crippen LogP contribution in [0.5, 0.6) is 0 Å². The molecule has 0 aliphatic heterocycles. The largest absolute Gasteiger partial charge is 0.481 e. The molecule has 8 nitrogen and oxygen atoms in total. The highest BCUT2D eigenvalue weighted by Crippen LogP contribution is 2.48. The summed E-state index contributed by atoms with van der Waals surface area (Å²) < 4.78 is 0. The molecule has 0 aromatic heterocycles. The van der Waals surface area contributed by atoms with E-state index in [1.807, 2.05) is 32.0 Å². The van der Waals surface area contributed by atoms with E-state index in [-0.39, 0.29) is 0 Å². The van der Waals surface area contributed by atoms with Gasteiger partial charge in [0.2, 0.25) is 11.8 Å². The van der Waals surface area contributed by atoms with Crippen LogP contribution >= 0.6 is 0 Å². The van der Waals surface area contributed by atoms with E-state index in [0.717, 1.165) is 28.7 Å². The summed E-state index contributed by atoms with van der Waals surface area (Å²) in [4.78, 5) is 50.3. The molecule has 2 atom stereocenters. The standard InChI is InChI=1S/C28H32N2O6/c1-5-10-28(3,4)30-25(32)21-22(26(33)34)20(23(21)27(35)36)24(31)29-17-7-9-19-16(13-17)12-15-11-14(2)6-8-18(15)19/h6-9,11,13,20-23H,5,10,12H2,1-4H3,(H,29,31)(H,30,32)(H,33,34)(H,35,36). The van der Waals surface area contributed by atoms with Gasteiger partial charge in [0.15, 0.2) is 0 Å². The highest BCUT2D eigenvalue weighted by atomic mass is 16.4. The predicted octanol–water partition coefficient (Wildman–Crippen LogP) is 3.85. The van der Waals surface area contributed by atoms with E-state index in [2.05, 4.69) is 22.8 Å². The van der Waals surface area contributed by atoms with E-state index in [4.69, 9.17) is 0 Å². The van der Waals surface area contributed by atoms with Crippen LogP contribution in [0, 0.1) is 30.6 Å². The topological polar surface area (TPSA) is 133 Å². The van der Waals surface area contributed by atoms with E-state index in [9.17, 15) is 29.4 Å². The smallest absolute Gasteiger partial charge is 0.308 e. The summed E-state index contributed by atoms with van der Waals surface area (Å²) in [6.07, 6.45) is 2.15. The zero-order valence-electron chi connectivity index (χ0n) is 20.9. The molecular weight excluding hydrogens is 460 g/mol. The van der Waals surface area contributed by atoms with Crippen molar-refractivity contribution in [1.82, 2.24) is 5.32 Å². The maximum Gasteiger partial charge on any atom is 0.308 e. The summed E-state index contributed by atoms with van der Waals surface area (Å²) in [5.41, 5.74) is 5.45. The first-order valence-corrected chi connectivity index (χ1v) is 12.2. The normalized spacial score (nSPS) is 22.1. The minimum absolute atomic E-state index is 0.466. The highest BCUT2D eigenvalue weighted by Gasteiger charge is 2.64. The van der Waals surface area contributed by atoms with Crippen LogP contribution in [0.2, 0.25) is 0 Å². The van der Waals surface area contributed by atoms with Gasteiger partial charge in [-0.1, -0.05) is 43.2 Å². The maximum absolute atomic E-state index is 13.2. The van der Waals surface area contributed by atoms with Crippen molar-refractivity contribution in [3.05, 3.63) is 53.1 Å². The first kappa shape index (κ1) is 25.4. The molecule has 2 aliphatic carbocycles. The van der Waals surface area contributed by atoms with Gasteiger partial charge in [-0.2, -0.15) is 0 Å². The van der Waals surface area contributed by atoms with Crippen molar-refractivity contribution in [2.45, 2.75) is 52.5 Å². The summed E-state index contributed by atoms with van der Waals surface area (Å²) >= 11 is 0. The fraction of sp³-hybridized carbons (Fsp3) is 0.429. The fourth-order valence-electron chi connectivity index (χ4n) is 5.76. The third-order valence-electron chi connectivity index (χ3n) is 7.36. The van der Waals surface area contributed by atoms with Gasteiger partial charge in [-0.25, -0.2) is 0 Å². The summed E-state index contributed by atoms with van der Waals surface area (Å²) in [5.74, 6) is -9.62. The monoisotopic (exact) mass is 492 g/mol. The Kier molecular flexibility index (Phi) is 6.64. The van der Waals surface area contributed by atoms with Gasteiger partial charge in [-0.15, -0.1) is 0 Å². The number of hydrogen-bond donors (Lipinski definition) is 4. The molecule has 36 heavy (non-hydrogen) atoms. The predicted molar refractivity (Wildman–Crippen MR) is 134 cm³/mol. The lowest BCUT2D eigenvalue weighted by atomic mass is 9.55. The highest BCUT2D eigenvalue weighted by molar-refractivity contribution is 6.04. The molecule has 2 unspecified atom stereocenters. The number of carboxylic acid groups (broad SMARTS) is 2. The summed E-state index contributed by atoms with van der Waals surface area (Å²) in [6, 6.07) is 11.7. The van der Waals surface area contributed by atoms with Crippen molar-refractivity contribution in [1.29, 1.82) is 0 Å². The molecule has 4 N–H and O–H groups in total. The molecule has 0 radical (unpaired) electrons. The van der Waals surface area contributed by atoms with Crippen LogP contribution < -0.4 is 10.6 Å². The minimum Gasteiger partial charge on any atom is -0.481 e. The van der Waals surface area contributed by atoms with Crippen molar-refractivity contribution in [3.8, 4) is 11.1 Å². The SMILES string of the molecule is CCCC(C)(C)NC(=O)C1C(C(=O)O)C(C(=O)Nc2ccc3c(c2)Cc2cc(C)ccc2-3)C1C(=O)O. The fourth-order valence-corrected chi connectivity index (χ4v) is 5.76. The zero-order chi connectivity index (χ0) is 26.4. The Hall–Kier alpha value is -3.68. The molecule has 2 amide bonds. The van der Waals surface area contributed by atoms with Crippen LogP contribution in [-0.4, -0.2) is 39.5 Å². The Balaban J connectivity index is 1.54. The van der Waals surface area contributed by atoms with Gasteiger partial charge in [0.25, 0.3) is 0 Å². The number of carboxylic acids is 2. The molecule has 8 heteroatoms. The molecule has 0 saturated heterocycles. The van der Waals surface area contributed by atoms with Crippen LogP contribution in [-0.2, 0) is 25.6 Å². The molecule has 4 rings (SSSR count). The van der Waals surface area contributed by atoms with Gasteiger partial charge in [0, 0.05) is 11.2 Å². The number of benzene rings is 2. The number of carbonyl (C=O) groups is 4. The second-order valence-electron chi connectivity index (χ2n) is 10.6. The summed E-state index contributed by atoms with van der Waals surface area (Å²) in [5, 5.41) is 25.2. The number of carbonyl (C=O) groups excluding carboxylic acids is 2. The van der Waals surface area contributed by atoms with Crippen LogP contribution in [0.25, 0.3) is 11.1 Å². The van der Waals surface area contributed by atoms with E-state index in [1.54, 1.807) is 19.9 Å². The Morgan fingerprint density at radius 3 is 2.00 bits per heavy atom. The van der Waals surface area contributed by atoms with Crippen molar-refractivity contribution >= 4 is 29.4 Å². The number of amides is 2. The third-order valence-corrected chi connectivity index (χ3v) is 7.36. The Morgan fingerprint density at radius 1 is 0.861 bits per heavy atom. The van der Waals surface area contributed by atoms with Crippen molar-refractivity contribution < 1.29 is 29.4 Å². The molecule has 2 aromatic rings. The Morgan fingerprint density at radius 2 is 1.42 bits per heavy atom. The van der Waals surface area contributed by atoms with E-state index < -0.39 is 53.0 Å². The molecule has 0 spiro atoms. The zero-order valence-corrected chi connectivity index (χ0v) is 20.9. The Labute approximate surface area is 210 Å². The van der Waals surface area contributed by atoms with Crippen LogP contribution in [0.15, 0.2) is 36.4 Å². The van der Waals surface area contributed by atoms with Crippen molar-refractivity contribution in [3.63, 3.8) is 0 Å². The minimum atomic E-state index is -1.43. The Bertz CT molecular complexity index is 1230. The number of fused-ring (bicyclic) bond motifs is 3. The summed E-state index contributed by atoms with van der Waals surface area (Å²) in [7, 11) is 0. The lowest BCUT2D eigenvalue weighted by Crippen LogP contribution is -2.64. The van der Waals surface area contributed by atoms with Crippen molar-refractivity contribution in [2.75, 3.05) is 5.32 Å². The van der Waals surface area contributed by atoms with Gasteiger partial charge < -0.3 is 20.8 Å². The maximum atomic E-state index is 13.2. The molecule has 2 aromatic carbocycles. The molecule has 0 bridgehead atoms. The summed E-state index contributed by atoms with van der Waals surface area (Å²) in [6.45, 7) is 7.59. The van der Waals surface area contributed by atoms with Crippen LogP contribution in [0.1, 0.15) is 50.3 Å². The van der Waals surface area contributed by atoms with Gasteiger partial charge >= 0.3 is 11.9 Å². The van der Waals surface area contributed by atoms with Crippen LogP contribution in [0.4, 0.5) is 5.69 Å². The van der Waals surface area contributed by atoms with E-state index >= 15 is 0 Å². The average molecular weight is 493 g/mol. The first-order chi connectivity index (χ1) is 16.9. The second-order valence-corrected chi connectivity index (χ2v) is 10.6. The van der Waals surface area contributed by atoms with Gasteiger partial charge in [0.05, 0.1) is 23.7 Å². The quantitative estimate of drug-likeness (QED) is 0.378. The molecule has 2 aliphatic rings. The van der Waals surface area contributed by atoms with E-state index in [1.165, 1.54) is 5.56 Å². The first-order valence-electron chi connectivity index (χ1n) is 12.2. The molecule has 1 saturated carbocycles. The third kappa shape index (κ3) is 4.59. The van der Waals surface area contributed by atoms with Gasteiger partial charge in [-0.05, 0) is 68.0 Å². The second kappa shape index (κ2) is 9.41. The van der Waals surface area contributed by atoms with Crippen LogP contribution in [0.3, 0.4) is 0 Å². The number of nitrogens with one attached hydrogen (secondary N) is 2. The average Bonchev–Trinajstić information content (AvgIpc) is 3.08. The number of aryl methyl sites for hydroxylation is 1. The number of anilines is 1. The van der Waals surface area contributed by atoms with Gasteiger partial charge in [-0.3, -0.25) is 19.2 Å². The molecule has 190 valence electrons. The van der Waals surface area contributed by atoms with Crippen molar-refractivity contribution in [2.24, 2.45) is 23.7 Å².